The van der Waals surface area contributed by atoms with Gasteiger partial charge in [-0.15, -0.1) is 0 Å². The highest BCUT2D eigenvalue weighted by atomic mass is 16.7. The average molecular weight is 587 g/mol. The summed E-state index contributed by atoms with van der Waals surface area (Å²) < 4.78 is 24.2. The number of anilines is 1. The molecule has 4 atom stereocenters. The van der Waals surface area contributed by atoms with E-state index in [0.29, 0.717) is 42.9 Å². The van der Waals surface area contributed by atoms with Crippen molar-refractivity contribution >= 4 is 28.8 Å². The number of aromatic nitrogens is 4. The van der Waals surface area contributed by atoms with Crippen molar-refractivity contribution in [1.29, 1.82) is 0 Å². The van der Waals surface area contributed by atoms with Crippen LogP contribution in [0.15, 0.2) is 43.0 Å². The van der Waals surface area contributed by atoms with Crippen LogP contribution < -0.4 is 10.6 Å². The lowest BCUT2D eigenvalue weighted by Crippen LogP contribution is -2.36. The molecule has 2 amide bonds. The first-order valence-electron chi connectivity index (χ1n) is 14.1. The summed E-state index contributed by atoms with van der Waals surface area (Å²) in [6.07, 6.45) is 2.38. The summed E-state index contributed by atoms with van der Waals surface area (Å²) in [6, 6.07) is 8.69. The van der Waals surface area contributed by atoms with E-state index in [2.05, 4.69) is 32.5 Å². The number of carbonyl (C=O) groups is 2. The molecule has 42 heavy (non-hydrogen) atoms. The van der Waals surface area contributed by atoms with Gasteiger partial charge in [-0.1, -0.05) is 38.0 Å². The van der Waals surface area contributed by atoms with Crippen LogP contribution in [0.5, 0.6) is 0 Å². The molecule has 3 aromatic rings. The number of nitrogens with zero attached hydrogens (tertiary/aromatic N) is 4. The fraction of sp³-hybridized carbons (Fsp3) is 0.536. The summed E-state index contributed by atoms with van der Waals surface area (Å²) >= 11 is 0. The predicted molar refractivity (Wildman–Crippen MR) is 150 cm³/mol. The second-order valence-electron chi connectivity index (χ2n) is 9.68. The van der Waals surface area contributed by atoms with Gasteiger partial charge in [-0.25, -0.2) is 15.0 Å². The van der Waals surface area contributed by atoms with E-state index in [1.807, 2.05) is 6.07 Å². The lowest BCUT2D eigenvalue weighted by molar-refractivity contribution is -0.143. The number of carbonyl (C=O) groups excluding carboxylic acids is 2. The van der Waals surface area contributed by atoms with Crippen molar-refractivity contribution < 1.29 is 38.7 Å². The van der Waals surface area contributed by atoms with E-state index in [1.165, 1.54) is 12.7 Å². The Balaban J connectivity index is 1.28. The van der Waals surface area contributed by atoms with Crippen LogP contribution in [0.25, 0.3) is 11.2 Å². The molecule has 2 aromatic heterocycles. The Hall–Kier alpha value is -3.53. The Morgan fingerprint density at radius 2 is 1.88 bits per heavy atom. The number of ether oxygens (including phenoxy) is 4. The Labute approximate surface area is 243 Å². The number of hydrogen-bond donors (Lipinski definition) is 4. The average Bonchev–Trinajstić information content (AvgIpc) is 3.57. The third kappa shape index (κ3) is 8.27. The van der Waals surface area contributed by atoms with Gasteiger partial charge in [0.25, 0.3) is 5.91 Å². The number of rotatable bonds is 17. The van der Waals surface area contributed by atoms with E-state index in [-0.39, 0.29) is 31.0 Å². The summed E-state index contributed by atoms with van der Waals surface area (Å²) in [5.74, 6) is -0.121. The topological polar surface area (TPSA) is 179 Å². The number of fused-ring (bicyclic) bond motifs is 1. The minimum atomic E-state index is -1.16. The number of aliphatic hydroxyl groups is 2. The molecule has 14 nitrogen and oxygen atoms in total. The molecule has 0 bridgehead atoms. The van der Waals surface area contributed by atoms with Gasteiger partial charge in [-0.05, 0) is 18.6 Å². The molecular weight excluding hydrogens is 548 g/mol. The zero-order valence-corrected chi connectivity index (χ0v) is 23.6. The molecule has 1 aliphatic heterocycles. The minimum absolute atomic E-state index is 0.0232. The van der Waals surface area contributed by atoms with E-state index in [1.54, 1.807) is 28.8 Å². The van der Waals surface area contributed by atoms with Gasteiger partial charge in [0.2, 0.25) is 5.91 Å². The molecule has 1 saturated heterocycles. The molecule has 0 aliphatic carbocycles. The van der Waals surface area contributed by atoms with Gasteiger partial charge < -0.3 is 39.8 Å². The van der Waals surface area contributed by atoms with Crippen LogP contribution in [0.3, 0.4) is 0 Å². The van der Waals surface area contributed by atoms with Gasteiger partial charge in [0.15, 0.2) is 23.2 Å². The van der Waals surface area contributed by atoms with Crippen molar-refractivity contribution in [2.24, 2.45) is 0 Å². The van der Waals surface area contributed by atoms with E-state index < -0.39 is 31.1 Å². The molecule has 0 radical (unpaired) electrons. The summed E-state index contributed by atoms with van der Waals surface area (Å²) in [6.45, 7) is 2.81. The quantitative estimate of drug-likeness (QED) is 0.133. The summed E-state index contributed by atoms with van der Waals surface area (Å²) in [5, 5.41) is 26.0. The van der Waals surface area contributed by atoms with Gasteiger partial charge in [-0.3, -0.25) is 14.2 Å². The molecule has 4 N–H and O–H groups in total. The van der Waals surface area contributed by atoms with Crippen LogP contribution in [0.4, 0.5) is 5.82 Å². The predicted octanol–water partition coefficient (Wildman–Crippen LogP) is 1.40. The van der Waals surface area contributed by atoms with Gasteiger partial charge in [0, 0.05) is 18.5 Å². The molecule has 1 aromatic carbocycles. The monoisotopic (exact) mass is 586 g/mol. The van der Waals surface area contributed by atoms with Gasteiger partial charge in [0.1, 0.15) is 31.4 Å². The summed E-state index contributed by atoms with van der Waals surface area (Å²) in [5.41, 5.74) is 1.11. The third-order valence-corrected chi connectivity index (χ3v) is 6.69. The first-order chi connectivity index (χ1) is 20.5. The van der Waals surface area contributed by atoms with E-state index in [0.717, 1.165) is 19.3 Å². The molecule has 0 spiro atoms. The Kier molecular flexibility index (Phi) is 12.1. The van der Waals surface area contributed by atoms with Crippen LogP contribution in [-0.2, 0) is 23.7 Å². The van der Waals surface area contributed by atoms with Crippen molar-refractivity contribution in [2.45, 2.75) is 57.1 Å². The van der Waals surface area contributed by atoms with Crippen molar-refractivity contribution in [3.05, 3.63) is 48.5 Å². The fourth-order valence-corrected chi connectivity index (χ4v) is 4.46. The van der Waals surface area contributed by atoms with Crippen LogP contribution in [-0.4, -0.2) is 99.6 Å². The van der Waals surface area contributed by atoms with Crippen molar-refractivity contribution in [1.82, 2.24) is 24.8 Å². The van der Waals surface area contributed by atoms with Crippen molar-refractivity contribution in [2.75, 3.05) is 45.1 Å². The fourth-order valence-electron chi connectivity index (χ4n) is 4.46. The van der Waals surface area contributed by atoms with E-state index >= 15 is 0 Å². The van der Waals surface area contributed by atoms with Crippen LogP contribution in [0, 0.1) is 0 Å². The SMILES string of the molecule is CCCCCC(=O)NCCOCCOCO[C@H]1C(O)[C@@H](CO)O[C@H]1n1cnc2c(NC(=O)c3ccccc3)ncnc21. The van der Waals surface area contributed by atoms with Gasteiger partial charge in [-0.2, -0.15) is 0 Å². The second-order valence-corrected chi connectivity index (χ2v) is 9.68. The summed E-state index contributed by atoms with van der Waals surface area (Å²) in [4.78, 5) is 37.2. The maximum atomic E-state index is 12.7. The normalized spacial score (nSPS) is 20.2. The number of hydrogen-bond acceptors (Lipinski definition) is 11. The van der Waals surface area contributed by atoms with Crippen molar-refractivity contribution in [3.63, 3.8) is 0 Å². The van der Waals surface area contributed by atoms with Crippen LogP contribution >= 0.6 is 0 Å². The van der Waals surface area contributed by atoms with Gasteiger partial charge >= 0.3 is 0 Å². The van der Waals surface area contributed by atoms with Crippen molar-refractivity contribution in [3.8, 4) is 0 Å². The highest BCUT2D eigenvalue weighted by Gasteiger charge is 2.46. The first-order valence-corrected chi connectivity index (χ1v) is 14.1. The Morgan fingerprint density at radius 1 is 1.07 bits per heavy atom. The molecule has 14 heteroatoms. The standard InChI is InChI=1S/C28H38N6O8/c1-2-3-5-10-21(36)29-11-12-39-13-14-40-18-41-24-23(37)20(15-35)42-28(24)34-17-32-22-25(30-16-31-26(22)34)33-27(38)19-8-6-4-7-9-19/h4,6-9,16-17,20,23-24,28,35,37H,2-3,5,10-15,18H2,1H3,(H,29,36)(H,30,31,33,38)/t20-,23?,24+,28-/m1/s1. The number of benzene rings is 1. The highest BCUT2D eigenvalue weighted by Crippen LogP contribution is 2.34. The molecule has 4 rings (SSSR count). The highest BCUT2D eigenvalue weighted by molar-refractivity contribution is 6.06. The lowest BCUT2D eigenvalue weighted by Gasteiger charge is -2.22. The zero-order valence-electron chi connectivity index (χ0n) is 23.6. The van der Waals surface area contributed by atoms with E-state index in [9.17, 15) is 19.8 Å². The van der Waals surface area contributed by atoms with Crippen LogP contribution in [0.2, 0.25) is 0 Å². The molecular formula is C28H38N6O8. The minimum Gasteiger partial charge on any atom is -0.394 e. The molecule has 1 aliphatic rings. The third-order valence-electron chi connectivity index (χ3n) is 6.69. The van der Waals surface area contributed by atoms with Gasteiger partial charge in [0.05, 0.1) is 32.8 Å². The molecule has 1 unspecified atom stereocenters. The lowest BCUT2D eigenvalue weighted by atomic mass is 10.1. The number of imidazole rings is 1. The number of unbranched alkanes of at least 4 members (excludes halogenated alkanes) is 2. The largest absolute Gasteiger partial charge is 0.394 e. The van der Waals surface area contributed by atoms with E-state index in [4.69, 9.17) is 18.9 Å². The smallest absolute Gasteiger partial charge is 0.256 e. The molecule has 0 saturated carbocycles. The maximum absolute atomic E-state index is 12.7. The molecule has 228 valence electrons. The zero-order chi connectivity index (χ0) is 29.7. The number of amides is 2. The Morgan fingerprint density at radius 3 is 2.67 bits per heavy atom. The molecule has 3 heterocycles. The Bertz CT molecular complexity index is 1280. The maximum Gasteiger partial charge on any atom is 0.256 e. The number of nitrogens with one attached hydrogen (secondary N) is 2. The first kappa shape index (κ1) is 31.4. The molecule has 1 fully saturated rings. The number of aliphatic hydroxyl groups excluding tert-OH is 2. The second kappa shape index (κ2) is 16.2. The van der Waals surface area contributed by atoms with Crippen LogP contribution in [0.1, 0.15) is 49.2 Å². The summed E-state index contributed by atoms with van der Waals surface area (Å²) in [7, 11) is 0.